The predicted octanol–water partition coefficient (Wildman–Crippen LogP) is 2.60. The Morgan fingerprint density at radius 3 is 2.00 bits per heavy atom. The summed E-state index contributed by atoms with van der Waals surface area (Å²) >= 11 is 0. The summed E-state index contributed by atoms with van der Waals surface area (Å²) < 4.78 is 25.4. The standard InChI is InChI=1S/C12H23BFNO2/c1-8(7-9(2)15)10(14)13-16-11(3,4)12(5,6)17-13/h9H,7,15H2,1-6H3. The number of hydrogen-bond donors (Lipinski definition) is 1. The molecule has 0 amide bonds. The van der Waals surface area contributed by atoms with Gasteiger partial charge in [-0.05, 0) is 53.5 Å². The van der Waals surface area contributed by atoms with E-state index in [1.54, 1.807) is 6.92 Å². The molecule has 1 saturated heterocycles. The van der Waals surface area contributed by atoms with Gasteiger partial charge in [0.1, 0.15) is 5.73 Å². The number of halogens is 1. The zero-order valence-corrected chi connectivity index (χ0v) is 11.6. The van der Waals surface area contributed by atoms with Crippen LogP contribution in [0, 0.1) is 0 Å². The third-order valence-corrected chi connectivity index (χ3v) is 3.50. The minimum Gasteiger partial charge on any atom is -0.398 e. The van der Waals surface area contributed by atoms with Crippen LogP contribution in [0.15, 0.2) is 11.3 Å². The maximum absolute atomic E-state index is 14.1. The van der Waals surface area contributed by atoms with E-state index in [-0.39, 0.29) is 11.8 Å². The first-order valence-corrected chi connectivity index (χ1v) is 6.03. The molecule has 0 spiro atoms. The van der Waals surface area contributed by atoms with E-state index in [4.69, 9.17) is 15.0 Å². The minimum atomic E-state index is -0.904. The van der Waals surface area contributed by atoms with Crippen LogP contribution in [-0.2, 0) is 9.31 Å². The fourth-order valence-corrected chi connectivity index (χ4v) is 1.73. The first kappa shape index (κ1) is 14.7. The van der Waals surface area contributed by atoms with Crippen LogP contribution in [0.3, 0.4) is 0 Å². The molecule has 5 heteroatoms. The molecule has 1 atom stereocenters. The highest BCUT2D eigenvalue weighted by atomic mass is 19.1. The smallest absolute Gasteiger partial charge is 0.398 e. The highest BCUT2D eigenvalue weighted by molar-refractivity contribution is 6.53. The van der Waals surface area contributed by atoms with Crippen LogP contribution in [-0.4, -0.2) is 24.4 Å². The summed E-state index contributed by atoms with van der Waals surface area (Å²) in [7, 11) is -0.904. The quantitative estimate of drug-likeness (QED) is 0.775. The average Bonchev–Trinajstić information content (AvgIpc) is 2.33. The second kappa shape index (κ2) is 4.71. The van der Waals surface area contributed by atoms with Crippen molar-refractivity contribution in [3.63, 3.8) is 0 Å². The van der Waals surface area contributed by atoms with Gasteiger partial charge < -0.3 is 15.0 Å². The first-order valence-electron chi connectivity index (χ1n) is 6.03. The summed E-state index contributed by atoms with van der Waals surface area (Å²) in [6.45, 7) is 11.2. The van der Waals surface area contributed by atoms with Crippen LogP contribution in [0.2, 0.25) is 0 Å². The molecule has 1 heterocycles. The third-order valence-electron chi connectivity index (χ3n) is 3.50. The highest BCUT2D eigenvalue weighted by Gasteiger charge is 2.53. The normalized spacial score (nSPS) is 25.8. The van der Waals surface area contributed by atoms with E-state index < -0.39 is 18.3 Å². The topological polar surface area (TPSA) is 44.5 Å². The molecular formula is C12H23BFNO2. The van der Waals surface area contributed by atoms with Crippen molar-refractivity contribution < 1.29 is 13.7 Å². The van der Waals surface area contributed by atoms with Crippen molar-refractivity contribution in [2.24, 2.45) is 5.73 Å². The fourth-order valence-electron chi connectivity index (χ4n) is 1.73. The zero-order valence-electron chi connectivity index (χ0n) is 11.6. The van der Waals surface area contributed by atoms with E-state index in [9.17, 15) is 4.39 Å². The highest BCUT2D eigenvalue weighted by Crippen LogP contribution is 2.39. The number of rotatable bonds is 3. The molecule has 0 saturated carbocycles. The molecule has 0 bridgehead atoms. The largest absolute Gasteiger partial charge is 0.525 e. The molecule has 0 aromatic carbocycles. The summed E-state index contributed by atoms with van der Waals surface area (Å²) in [5.41, 5.74) is 4.88. The van der Waals surface area contributed by atoms with Gasteiger partial charge in [0.2, 0.25) is 0 Å². The Bertz CT molecular complexity index is 310. The van der Waals surface area contributed by atoms with Gasteiger partial charge in [-0.1, -0.05) is 0 Å². The molecule has 3 nitrogen and oxygen atoms in total. The molecule has 1 fully saturated rings. The van der Waals surface area contributed by atoms with E-state index in [1.807, 2.05) is 34.6 Å². The molecule has 2 N–H and O–H groups in total. The average molecular weight is 243 g/mol. The second-order valence-corrected chi connectivity index (χ2v) is 5.90. The third kappa shape index (κ3) is 3.09. The monoisotopic (exact) mass is 243 g/mol. The van der Waals surface area contributed by atoms with Gasteiger partial charge in [0.05, 0.1) is 11.2 Å². The Labute approximate surface area is 104 Å². The number of nitrogens with two attached hydrogens (primary N) is 1. The summed E-state index contributed by atoms with van der Waals surface area (Å²) in [4.78, 5) is 0. The van der Waals surface area contributed by atoms with Crippen molar-refractivity contribution >= 4 is 7.12 Å². The lowest BCUT2D eigenvalue weighted by Gasteiger charge is -2.32. The lowest BCUT2D eigenvalue weighted by atomic mass is 9.83. The Kier molecular flexibility index (Phi) is 4.06. The van der Waals surface area contributed by atoms with Crippen molar-refractivity contribution in [2.45, 2.75) is 65.2 Å². The van der Waals surface area contributed by atoms with Crippen LogP contribution in [0.4, 0.5) is 4.39 Å². The van der Waals surface area contributed by atoms with Gasteiger partial charge in [-0.2, -0.15) is 0 Å². The van der Waals surface area contributed by atoms with Crippen LogP contribution in [0.1, 0.15) is 48.0 Å². The molecule has 98 valence electrons. The first-order chi connectivity index (χ1) is 7.57. The van der Waals surface area contributed by atoms with Crippen molar-refractivity contribution in [3.8, 4) is 0 Å². The van der Waals surface area contributed by atoms with Gasteiger partial charge in [-0.15, -0.1) is 0 Å². The van der Waals surface area contributed by atoms with Gasteiger partial charge in [0.15, 0.2) is 0 Å². The van der Waals surface area contributed by atoms with Crippen molar-refractivity contribution in [1.29, 1.82) is 0 Å². The molecule has 1 unspecified atom stereocenters. The molecular weight excluding hydrogens is 220 g/mol. The Morgan fingerprint density at radius 2 is 1.65 bits per heavy atom. The molecule has 1 aliphatic heterocycles. The van der Waals surface area contributed by atoms with E-state index in [0.717, 1.165) is 0 Å². The fraction of sp³-hybridized carbons (Fsp3) is 0.833. The van der Waals surface area contributed by atoms with Gasteiger partial charge >= 0.3 is 7.12 Å². The SMILES string of the molecule is CC(CC(C)N)=C(F)B1OC(C)(C)C(C)(C)O1. The van der Waals surface area contributed by atoms with E-state index in [1.165, 1.54) is 0 Å². The van der Waals surface area contributed by atoms with Gasteiger partial charge in [-0.3, -0.25) is 0 Å². The van der Waals surface area contributed by atoms with Crippen LogP contribution < -0.4 is 5.73 Å². The maximum Gasteiger partial charge on any atom is 0.525 e. The van der Waals surface area contributed by atoms with E-state index in [0.29, 0.717) is 12.0 Å². The summed E-state index contributed by atoms with van der Waals surface area (Å²) in [6.07, 6.45) is 0.510. The molecule has 0 aromatic rings. The van der Waals surface area contributed by atoms with Gasteiger partial charge in [0, 0.05) is 6.04 Å². The molecule has 17 heavy (non-hydrogen) atoms. The molecule has 1 aliphatic rings. The van der Waals surface area contributed by atoms with Crippen LogP contribution in [0.5, 0.6) is 0 Å². The minimum absolute atomic E-state index is 0.0665. The Hall–Kier alpha value is -0.385. The second-order valence-electron chi connectivity index (χ2n) is 5.90. The van der Waals surface area contributed by atoms with E-state index >= 15 is 0 Å². The van der Waals surface area contributed by atoms with Crippen LogP contribution >= 0.6 is 0 Å². The van der Waals surface area contributed by atoms with Gasteiger partial charge in [-0.25, -0.2) is 4.39 Å². The van der Waals surface area contributed by atoms with Crippen molar-refractivity contribution in [2.75, 3.05) is 0 Å². The van der Waals surface area contributed by atoms with Crippen molar-refractivity contribution in [3.05, 3.63) is 11.3 Å². The number of hydrogen-bond acceptors (Lipinski definition) is 3. The van der Waals surface area contributed by atoms with Crippen molar-refractivity contribution in [1.82, 2.24) is 0 Å². The predicted molar refractivity (Wildman–Crippen MR) is 68.2 cm³/mol. The Morgan fingerprint density at radius 1 is 1.24 bits per heavy atom. The Balaban J connectivity index is 2.84. The zero-order chi connectivity index (χ0) is 13.4. The summed E-state index contributed by atoms with van der Waals surface area (Å²) in [5.74, 6) is 0. The summed E-state index contributed by atoms with van der Waals surface area (Å²) in [5, 5.41) is 0. The summed E-state index contributed by atoms with van der Waals surface area (Å²) in [6, 6.07) is -0.0665. The lowest BCUT2D eigenvalue weighted by molar-refractivity contribution is 0.00578. The maximum atomic E-state index is 14.1. The lowest BCUT2D eigenvalue weighted by Crippen LogP contribution is -2.41. The van der Waals surface area contributed by atoms with Gasteiger partial charge in [0.25, 0.3) is 0 Å². The molecule has 0 aromatic heterocycles. The molecule has 0 radical (unpaired) electrons. The molecule has 1 rings (SSSR count). The molecule has 0 aliphatic carbocycles. The van der Waals surface area contributed by atoms with E-state index in [2.05, 4.69) is 0 Å². The van der Waals surface area contributed by atoms with Crippen LogP contribution in [0.25, 0.3) is 0 Å².